The molecule has 0 unspecified atom stereocenters. The van der Waals surface area contributed by atoms with Crippen LogP contribution in [0.3, 0.4) is 0 Å². The van der Waals surface area contributed by atoms with Crippen molar-refractivity contribution in [1.29, 1.82) is 0 Å². The molecule has 2 heterocycles. The van der Waals surface area contributed by atoms with Gasteiger partial charge in [0.1, 0.15) is 0 Å². The van der Waals surface area contributed by atoms with Crippen LogP contribution in [0.4, 0.5) is 0 Å². The fourth-order valence-corrected chi connectivity index (χ4v) is 2.65. The Morgan fingerprint density at radius 3 is 2.72 bits per heavy atom. The second-order valence-corrected chi connectivity index (χ2v) is 5.93. The van der Waals surface area contributed by atoms with E-state index in [2.05, 4.69) is 53.8 Å². The molecular formula is C15H20N2S. The van der Waals surface area contributed by atoms with Gasteiger partial charge in [-0.2, -0.15) is 0 Å². The lowest BCUT2D eigenvalue weighted by Gasteiger charge is -2.19. The fraction of sp³-hybridized carbons (Fsp3) is 0.400. The molecule has 96 valence electrons. The molecule has 0 radical (unpaired) electrons. The van der Waals surface area contributed by atoms with E-state index >= 15 is 0 Å². The van der Waals surface area contributed by atoms with Crippen LogP contribution in [-0.2, 0) is 6.54 Å². The Balaban J connectivity index is 2.01. The third-order valence-corrected chi connectivity index (χ3v) is 3.73. The average Bonchev–Trinajstić information content (AvgIpc) is 2.88. The molecule has 0 bridgehead atoms. The number of nitrogens with one attached hydrogen (secondary N) is 1. The molecule has 3 heteroatoms. The lowest BCUT2D eigenvalue weighted by molar-refractivity contribution is 0.422. The molecule has 18 heavy (non-hydrogen) atoms. The molecule has 0 aliphatic rings. The van der Waals surface area contributed by atoms with E-state index in [1.807, 2.05) is 12.3 Å². The number of thiophene rings is 1. The Bertz CT molecular complexity index is 437. The van der Waals surface area contributed by atoms with Gasteiger partial charge in [-0.3, -0.25) is 4.98 Å². The van der Waals surface area contributed by atoms with Crippen LogP contribution in [0.2, 0.25) is 0 Å². The second-order valence-electron chi connectivity index (χ2n) is 4.90. The zero-order chi connectivity index (χ0) is 12.8. The smallest absolute Gasteiger partial charge is 0.0573 e. The highest BCUT2D eigenvalue weighted by Crippen LogP contribution is 2.20. The van der Waals surface area contributed by atoms with Crippen LogP contribution in [0.15, 0.2) is 41.9 Å². The van der Waals surface area contributed by atoms with E-state index in [-0.39, 0.29) is 0 Å². The Kier molecular flexibility index (Phi) is 4.90. The quantitative estimate of drug-likeness (QED) is 0.848. The zero-order valence-electron chi connectivity index (χ0n) is 11.0. The van der Waals surface area contributed by atoms with E-state index < -0.39 is 0 Å². The molecule has 0 aliphatic carbocycles. The molecule has 1 N–H and O–H groups in total. The van der Waals surface area contributed by atoms with Crippen molar-refractivity contribution in [3.63, 3.8) is 0 Å². The maximum Gasteiger partial charge on any atom is 0.0573 e. The molecule has 0 fully saturated rings. The van der Waals surface area contributed by atoms with Crippen molar-refractivity contribution >= 4 is 11.3 Å². The minimum Gasteiger partial charge on any atom is -0.304 e. The van der Waals surface area contributed by atoms with Crippen LogP contribution in [0, 0.1) is 5.92 Å². The van der Waals surface area contributed by atoms with Gasteiger partial charge in [-0.1, -0.05) is 26.0 Å². The van der Waals surface area contributed by atoms with Crippen molar-refractivity contribution in [2.75, 3.05) is 0 Å². The predicted molar refractivity (Wildman–Crippen MR) is 77.6 cm³/mol. The topological polar surface area (TPSA) is 24.9 Å². The number of hydrogen-bond donors (Lipinski definition) is 1. The summed E-state index contributed by atoms with van der Waals surface area (Å²) >= 11 is 1.80. The molecule has 0 aliphatic heterocycles. The molecule has 2 aromatic rings. The Labute approximate surface area is 113 Å². The summed E-state index contributed by atoms with van der Waals surface area (Å²) in [5.74, 6) is 0.660. The van der Waals surface area contributed by atoms with Crippen LogP contribution in [0.5, 0.6) is 0 Å². The van der Waals surface area contributed by atoms with Gasteiger partial charge in [0.25, 0.3) is 0 Å². The predicted octanol–water partition coefficient (Wildman–Crippen LogP) is 4.02. The summed E-state index contributed by atoms with van der Waals surface area (Å²) in [6.07, 6.45) is 2.98. The molecule has 0 spiro atoms. The number of nitrogens with zero attached hydrogens (tertiary/aromatic N) is 1. The first-order chi connectivity index (χ1) is 8.75. The first-order valence-electron chi connectivity index (χ1n) is 6.42. The summed E-state index contributed by atoms with van der Waals surface area (Å²) in [5.41, 5.74) is 1.14. The van der Waals surface area contributed by atoms with E-state index in [4.69, 9.17) is 0 Å². The minimum absolute atomic E-state index is 0.341. The highest BCUT2D eigenvalue weighted by atomic mass is 32.1. The van der Waals surface area contributed by atoms with E-state index in [0.717, 1.165) is 18.7 Å². The maximum absolute atomic E-state index is 4.47. The largest absolute Gasteiger partial charge is 0.304 e. The summed E-state index contributed by atoms with van der Waals surface area (Å²) < 4.78 is 0. The highest BCUT2D eigenvalue weighted by molar-refractivity contribution is 7.09. The lowest BCUT2D eigenvalue weighted by Crippen LogP contribution is -2.22. The summed E-state index contributed by atoms with van der Waals surface area (Å²) in [5, 5.41) is 5.74. The average molecular weight is 260 g/mol. The summed E-state index contributed by atoms with van der Waals surface area (Å²) in [6, 6.07) is 10.7. The monoisotopic (exact) mass is 260 g/mol. The maximum atomic E-state index is 4.47. The first kappa shape index (κ1) is 13.2. The van der Waals surface area contributed by atoms with Crippen LogP contribution in [0.1, 0.15) is 36.9 Å². The van der Waals surface area contributed by atoms with Gasteiger partial charge < -0.3 is 5.32 Å². The van der Waals surface area contributed by atoms with Crippen molar-refractivity contribution < 1.29 is 0 Å². The molecule has 0 saturated carbocycles. The normalized spacial score (nSPS) is 12.8. The van der Waals surface area contributed by atoms with Gasteiger partial charge in [0, 0.05) is 23.7 Å². The Hall–Kier alpha value is -1.19. The van der Waals surface area contributed by atoms with Gasteiger partial charge >= 0.3 is 0 Å². The lowest BCUT2D eigenvalue weighted by atomic mass is 10.0. The van der Waals surface area contributed by atoms with E-state index in [0.29, 0.717) is 12.0 Å². The molecule has 0 aromatic carbocycles. The van der Waals surface area contributed by atoms with Crippen molar-refractivity contribution in [3.05, 3.63) is 52.5 Å². The van der Waals surface area contributed by atoms with Crippen LogP contribution in [-0.4, -0.2) is 4.98 Å². The van der Waals surface area contributed by atoms with Crippen molar-refractivity contribution in [2.24, 2.45) is 5.92 Å². The third kappa shape index (κ3) is 3.93. The van der Waals surface area contributed by atoms with E-state index in [1.165, 1.54) is 4.88 Å². The summed E-state index contributed by atoms with van der Waals surface area (Å²) in [7, 11) is 0. The van der Waals surface area contributed by atoms with Crippen LogP contribution >= 0.6 is 11.3 Å². The number of hydrogen-bond acceptors (Lipinski definition) is 3. The Morgan fingerprint density at radius 1 is 1.22 bits per heavy atom. The van der Waals surface area contributed by atoms with Gasteiger partial charge in [0.15, 0.2) is 0 Å². The van der Waals surface area contributed by atoms with E-state index in [9.17, 15) is 0 Å². The summed E-state index contributed by atoms with van der Waals surface area (Å²) in [4.78, 5) is 5.85. The number of rotatable bonds is 6. The molecule has 2 rings (SSSR count). The highest BCUT2D eigenvalue weighted by Gasteiger charge is 2.13. The van der Waals surface area contributed by atoms with Crippen molar-refractivity contribution in [1.82, 2.24) is 10.3 Å². The standard InChI is InChI=1S/C15H20N2S/c1-12(2)10-15(14-7-3-4-8-16-14)17-11-13-6-5-9-18-13/h3-9,12,15,17H,10-11H2,1-2H3/t15-/m0/s1. The second kappa shape index (κ2) is 6.66. The number of aromatic nitrogens is 1. The van der Waals surface area contributed by atoms with Crippen LogP contribution in [0.25, 0.3) is 0 Å². The van der Waals surface area contributed by atoms with Gasteiger partial charge in [0.2, 0.25) is 0 Å². The van der Waals surface area contributed by atoms with Gasteiger partial charge in [-0.15, -0.1) is 11.3 Å². The van der Waals surface area contributed by atoms with Gasteiger partial charge in [-0.05, 0) is 35.9 Å². The molecule has 2 aromatic heterocycles. The molecule has 2 nitrogen and oxygen atoms in total. The zero-order valence-corrected chi connectivity index (χ0v) is 11.8. The fourth-order valence-electron chi connectivity index (χ4n) is 2.00. The molecular weight excluding hydrogens is 240 g/mol. The third-order valence-electron chi connectivity index (χ3n) is 2.85. The SMILES string of the molecule is CC(C)C[C@H](NCc1cccs1)c1ccccn1. The van der Waals surface area contributed by atoms with Crippen molar-refractivity contribution in [2.45, 2.75) is 32.9 Å². The van der Waals surface area contributed by atoms with Gasteiger partial charge in [0.05, 0.1) is 5.69 Å². The summed E-state index contributed by atoms with van der Waals surface area (Å²) in [6.45, 7) is 5.43. The van der Waals surface area contributed by atoms with Gasteiger partial charge in [-0.25, -0.2) is 0 Å². The molecule has 0 amide bonds. The number of pyridine rings is 1. The van der Waals surface area contributed by atoms with Crippen molar-refractivity contribution in [3.8, 4) is 0 Å². The Morgan fingerprint density at radius 2 is 2.11 bits per heavy atom. The van der Waals surface area contributed by atoms with Crippen LogP contribution < -0.4 is 5.32 Å². The molecule has 0 saturated heterocycles. The minimum atomic E-state index is 0.341. The first-order valence-corrected chi connectivity index (χ1v) is 7.30. The molecule has 1 atom stereocenters. The van der Waals surface area contributed by atoms with E-state index in [1.54, 1.807) is 11.3 Å².